The molecule has 1 saturated carbocycles. The number of ether oxygens (including phenoxy) is 1. The monoisotopic (exact) mass is 298 g/mol. The predicted molar refractivity (Wildman–Crippen MR) is 87.4 cm³/mol. The molecule has 124 valence electrons. The second-order valence-corrected chi connectivity index (χ2v) is 7.66. The summed E-state index contributed by atoms with van der Waals surface area (Å²) in [7, 11) is 0. The van der Waals surface area contributed by atoms with Gasteiger partial charge in [0, 0.05) is 18.6 Å². The molecule has 4 atom stereocenters. The maximum absolute atomic E-state index is 11.7. The Balaban J connectivity index is 2.39. The summed E-state index contributed by atoms with van der Waals surface area (Å²) in [5, 5.41) is 6.62. The summed E-state index contributed by atoms with van der Waals surface area (Å²) in [6.45, 7) is 13.1. The highest BCUT2D eigenvalue weighted by Gasteiger charge is 2.27. The zero-order valence-corrected chi connectivity index (χ0v) is 14.7. The molecular weight excluding hydrogens is 264 g/mol. The van der Waals surface area contributed by atoms with Gasteiger partial charge in [0.1, 0.15) is 5.60 Å². The van der Waals surface area contributed by atoms with Crippen molar-refractivity contribution in [3.8, 4) is 0 Å². The Hall–Kier alpha value is -0.770. The zero-order chi connectivity index (χ0) is 16.0. The molecule has 0 aliphatic heterocycles. The van der Waals surface area contributed by atoms with E-state index in [0.29, 0.717) is 18.6 Å². The minimum atomic E-state index is -0.438. The molecule has 0 aromatic carbocycles. The summed E-state index contributed by atoms with van der Waals surface area (Å²) < 4.78 is 5.28. The minimum Gasteiger partial charge on any atom is -0.444 e. The van der Waals surface area contributed by atoms with Gasteiger partial charge in [-0.3, -0.25) is 0 Å². The van der Waals surface area contributed by atoms with E-state index in [1.165, 1.54) is 19.3 Å². The lowest BCUT2D eigenvalue weighted by Crippen LogP contribution is -2.49. The van der Waals surface area contributed by atoms with E-state index in [1.54, 1.807) is 0 Å². The van der Waals surface area contributed by atoms with E-state index in [0.717, 1.165) is 18.3 Å². The van der Waals surface area contributed by atoms with Crippen LogP contribution in [0.3, 0.4) is 0 Å². The van der Waals surface area contributed by atoms with E-state index < -0.39 is 5.60 Å². The highest BCUT2D eigenvalue weighted by Crippen LogP contribution is 2.28. The largest absolute Gasteiger partial charge is 0.444 e. The van der Waals surface area contributed by atoms with Gasteiger partial charge in [0.05, 0.1) is 0 Å². The van der Waals surface area contributed by atoms with E-state index in [4.69, 9.17) is 4.74 Å². The third-order valence-corrected chi connectivity index (χ3v) is 4.29. The van der Waals surface area contributed by atoms with Crippen LogP contribution in [0.4, 0.5) is 4.79 Å². The summed E-state index contributed by atoms with van der Waals surface area (Å²) in [5.41, 5.74) is -0.438. The van der Waals surface area contributed by atoms with Gasteiger partial charge in [-0.1, -0.05) is 27.2 Å². The molecule has 1 aliphatic carbocycles. The number of hydrogen-bond donors (Lipinski definition) is 2. The highest BCUT2D eigenvalue weighted by atomic mass is 16.6. The number of amides is 1. The van der Waals surface area contributed by atoms with E-state index >= 15 is 0 Å². The molecule has 4 heteroatoms. The van der Waals surface area contributed by atoms with Crippen LogP contribution < -0.4 is 10.6 Å². The van der Waals surface area contributed by atoms with Crippen LogP contribution in [0.5, 0.6) is 0 Å². The van der Waals surface area contributed by atoms with Crippen molar-refractivity contribution in [3.63, 3.8) is 0 Å². The van der Waals surface area contributed by atoms with Crippen LogP contribution >= 0.6 is 0 Å². The first kappa shape index (κ1) is 18.3. The molecule has 1 amide bonds. The number of rotatable bonds is 5. The minimum absolute atomic E-state index is 0.315. The molecule has 2 N–H and O–H groups in total. The molecule has 4 nitrogen and oxygen atoms in total. The Morgan fingerprint density at radius 2 is 1.95 bits per heavy atom. The van der Waals surface area contributed by atoms with Crippen LogP contribution in [0.25, 0.3) is 0 Å². The Kier molecular flexibility index (Phi) is 6.98. The van der Waals surface area contributed by atoms with Gasteiger partial charge in [0.25, 0.3) is 0 Å². The normalized spacial score (nSPS) is 28.0. The van der Waals surface area contributed by atoms with Gasteiger partial charge in [-0.15, -0.1) is 0 Å². The highest BCUT2D eigenvalue weighted by molar-refractivity contribution is 5.67. The van der Waals surface area contributed by atoms with Crippen molar-refractivity contribution in [3.05, 3.63) is 0 Å². The van der Waals surface area contributed by atoms with E-state index in [9.17, 15) is 4.79 Å². The van der Waals surface area contributed by atoms with Crippen molar-refractivity contribution in [2.75, 3.05) is 6.54 Å². The predicted octanol–water partition coefficient (Wildman–Crippen LogP) is 3.70. The Labute approximate surface area is 130 Å². The van der Waals surface area contributed by atoms with Crippen LogP contribution in [-0.4, -0.2) is 30.3 Å². The Morgan fingerprint density at radius 1 is 1.29 bits per heavy atom. The van der Waals surface area contributed by atoms with Crippen molar-refractivity contribution in [1.82, 2.24) is 10.6 Å². The smallest absolute Gasteiger partial charge is 0.407 e. The molecule has 4 unspecified atom stereocenters. The number of carbonyl (C=O) groups is 1. The average Bonchev–Trinajstić information content (AvgIpc) is 2.36. The van der Waals surface area contributed by atoms with E-state index in [1.807, 2.05) is 20.8 Å². The van der Waals surface area contributed by atoms with Crippen LogP contribution in [-0.2, 0) is 4.74 Å². The van der Waals surface area contributed by atoms with Crippen molar-refractivity contribution in [1.29, 1.82) is 0 Å². The summed E-state index contributed by atoms with van der Waals surface area (Å²) >= 11 is 0. The molecule has 0 aromatic heterocycles. The fourth-order valence-electron chi connectivity index (χ4n) is 2.91. The van der Waals surface area contributed by atoms with Crippen LogP contribution in [0, 0.1) is 11.8 Å². The van der Waals surface area contributed by atoms with Crippen molar-refractivity contribution in [2.45, 2.75) is 84.9 Å². The zero-order valence-electron chi connectivity index (χ0n) is 14.7. The van der Waals surface area contributed by atoms with Gasteiger partial charge >= 0.3 is 6.09 Å². The number of nitrogens with one attached hydrogen (secondary N) is 2. The molecule has 0 bridgehead atoms. The summed E-state index contributed by atoms with van der Waals surface area (Å²) in [4.78, 5) is 11.7. The van der Waals surface area contributed by atoms with Gasteiger partial charge in [0.2, 0.25) is 0 Å². The molecule has 0 saturated heterocycles. The fourth-order valence-corrected chi connectivity index (χ4v) is 2.91. The second kappa shape index (κ2) is 8.02. The first-order valence-corrected chi connectivity index (χ1v) is 8.44. The Morgan fingerprint density at radius 3 is 2.52 bits per heavy atom. The van der Waals surface area contributed by atoms with Gasteiger partial charge < -0.3 is 15.4 Å². The molecule has 0 radical (unpaired) electrons. The lowest BCUT2D eigenvalue weighted by molar-refractivity contribution is 0.0519. The SMILES string of the molecule is CCC(CNC(=O)OC(C)(C)C)NC1CC(C)CCC1C. The van der Waals surface area contributed by atoms with Crippen LogP contribution in [0.1, 0.15) is 67.2 Å². The third kappa shape index (κ3) is 7.16. The number of alkyl carbamates (subject to hydrolysis) is 1. The summed E-state index contributed by atoms with van der Waals surface area (Å²) in [6.07, 6.45) is 4.56. The lowest BCUT2D eigenvalue weighted by atomic mass is 9.79. The van der Waals surface area contributed by atoms with Crippen molar-refractivity contribution >= 4 is 6.09 Å². The molecule has 0 spiro atoms. The molecule has 21 heavy (non-hydrogen) atoms. The van der Waals surface area contributed by atoms with Gasteiger partial charge in [-0.2, -0.15) is 0 Å². The fraction of sp³-hybridized carbons (Fsp3) is 0.941. The van der Waals surface area contributed by atoms with E-state index in [2.05, 4.69) is 31.4 Å². The first-order chi connectivity index (χ1) is 9.71. The first-order valence-electron chi connectivity index (χ1n) is 8.44. The molecule has 1 rings (SSSR count). The Bertz CT molecular complexity index is 325. The van der Waals surface area contributed by atoms with Crippen molar-refractivity contribution in [2.24, 2.45) is 11.8 Å². The van der Waals surface area contributed by atoms with Crippen LogP contribution in [0.15, 0.2) is 0 Å². The molecule has 0 heterocycles. The van der Waals surface area contributed by atoms with Crippen molar-refractivity contribution < 1.29 is 9.53 Å². The van der Waals surface area contributed by atoms with Crippen LogP contribution in [0.2, 0.25) is 0 Å². The average molecular weight is 298 g/mol. The van der Waals surface area contributed by atoms with Gasteiger partial charge in [-0.05, 0) is 51.9 Å². The maximum atomic E-state index is 11.7. The standard InChI is InChI=1S/C17H34N2O2/c1-7-14(11-18-16(20)21-17(4,5)6)19-15-10-12(2)8-9-13(15)3/h12-15,19H,7-11H2,1-6H3,(H,18,20). The number of carbonyl (C=O) groups excluding carboxylic acids is 1. The second-order valence-electron chi connectivity index (χ2n) is 7.66. The molecule has 1 fully saturated rings. The molecular formula is C17H34N2O2. The quantitative estimate of drug-likeness (QED) is 0.813. The lowest BCUT2D eigenvalue weighted by Gasteiger charge is -2.36. The van der Waals surface area contributed by atoms with Gasteiger partial charge in [0.15, 0.2) is 0 Å². The summed E-state index contributed by atoms with van der Waals surface area (Å²) in [6, 6.07) is 0.884. The topological polar surface area (TPSA) is 50.4 Å². The van der Waals surface area contributed by atoms with E-state index in [-0.39, 0.29) is 6.09 Å². The third-order valence-electron chi connectivity index (χ3n) is 4.29. The van der Waals surface area contributed by atoms with Gasteiger partial charge in [-0.25, -0.2) is 4.79 Å². The summed E-state index contributed by atoms with van der Waals surface area (Å²) in [5.74, 6) is 1.52. The molecule has 0 aromatic rings. The maximum Gasteiger partial charge on any atom is 0.407 e. The molecule has 1 aliphatic rings. The number of hydrogen-bond acceptors (Lipinski definition) is 3.